The molecule has 16 heavy (non-hydrogen) atoms. The number of ether oxygens (including phenoxy) is 1. The van der Waals surface area contributed by atoms with Gasteiger partial charge in [0, 0.05) is 6.04 Å². The van der Waals surface area contributed by atoms with Gasteiger partial charge in [0.2, 0.25) is 0 Å². The topological polar surface area (TPSA) is 72.5 Å². The monoisotopic (exact) mass is 227 g/mol. The van der Waals surface area contributed by atoms with Crippen LogP contribution in [0.25, 0.3) is 0 Å². The minimum atomic E-state index is -1.37. The Morgan fingerprint density at radius 2 is 2.06 bits per heavy atom. The summed E-state index contributed by atoms with van der Waals surface area (Å²) in [5.74, 6) is -1.11. The number of halogens is 1. The molecule has 0 heterocycles. The number of carbonyl (C=O) groups excluding carboxylic acids is 1. The van der Waals surface area contributed by atoms with Gasteiger partial charge in [-0.15, -0.1) is 0 Å². The highest BCUT2D eigenvalue weighted by Crippen LogP contribution is 2.07. The molecule has 3 N–H and O–H groups in total. The van der Waals surface area contributed by atoms with E-state index in [1.165, 1.54) is 19.2 Å². The molecule has 0 bridgehead atoms. The molecule has 5 heteroatoms. The molecular formula is C11H14FNO3. The molecule has 0 saturated heterocycles. The summed E-state index contributed by atoms with van der Waals surface area (Å²) in [5, 5.41) is 9.43. The Hall–Kier alpha value is -1.46. The van der Waals surface area contributed by atoms with E-state index in [4.69, 9.17) is 5.73 Å². The van der Waals surface area contributed by atoms with Crippen LogP contribution in [0.15, 0.2) is 24.3 Å². The van der Waals surface area contributed by atoms with Gasteiger partial charge < -0.3 is 15.6 Å². The molecule has 0 radical (unpaired) electrons. The van der Waals surface area contributed by atoms with Crippen LogP contribution in [0, 0.1) is 5.82 Å². The lowest BCUT2D eigenvalue weighted by Gasteiger charge is -2.16. The van der Waals surface area contributed by atoms with Crippen molar-refractivity contribution in [3.05, 3.63) is 35.6 Å². The number of aliphatic hydroxyl groups excluding tert-OH is 1. The van der Waals surface area contributed by atoms with E-state index in [0.29, 0.717) is 0 Å². The second-order valence-electron chi connectivity index (χ2n) is 3.46. The summed E-state index contributed by atoms with van der Waals surface area (Å²) in [6, 6.07) is 4.94. The number of rotatable bonds is 4. The molecule has 1 aromatic rings. The molecule has 0 aliphatic carbocycles. The second-order valence-corrected chi connectivity index (χ2v) is 3.46. The Bertz CT molecular complexity index is 353. The SMILES string of the molecule is COC(=O)C(O)C(N)Cc1ccc(F)cc1. The van der Waals surface area contributed by atoms with Crippen LogP contribution >= 0.6 is 0 Å². The van der Waals surface area contributed by atoms with Gasteiger partial charge in [0.05, 0.1) is 7.11 Å². The Morgan fingerprint density at radius 3 is 2.56 bits per heavy atom. The van der Waals surface area contributed by atoms with Crippen LogP contribution in [0.1, 0.15) is 5.56 Å². The number of carbonyl (C=O) groups is 1. The fraction of sp³-hybridized carbons (Fsp3) is 0.364. The summed E-state index contributed by atoms with van der Waals surface area (Å²) in [5.41, 5.74) is 6.37. The first-order valence-corrected chi connectivity index (χ1v) is 4.80. The van der Waals surface area contributed by atoms with Crippen LogP contribution in [0.3, 0.4) is 0 Å². The number of esters is 1. The summed E-state index contributed by atoms with van der Waals surface area (Å²) < 4.78 is 17.0. The molecule has 0 saturated carbocycles. The number of hydrogen-bond acceptors (Lipinski definition) is 4. The largest absolute Gasteiger partial charge is 0.467 e. The summed E-state index contributed by atoms with van der Waals surface area (Å²) >= 11 is 0. The van der Waals surface area contributed by atoms with E-state index in [1.807, 2.05) is 0 Å². The van der Waals surface area contributed by atoms with Crippen molar-refractivity contribution in [1.29, 1.82) is 0 Å². The number of benzene rings is 1. The third-order valence-corrected chi connectivity index (χ3v) is 2.23. The number of nitrogens with two attached hydrogens (primary N) is 1. The van der Waals surface area contributed by atoms with E-state index in [2.05, 4.69) is 4.74 Å². The average Bonchev–Trinajstić information content (AvgIpc) is 2.30. The molecule has 2 unspecified atom stereocenters. The van der Waals surface area contributed by atoms with Crippen LogP contribution < -0.4 is 5.73 Å². The van der Waals surface area contributed by atoms with Gasteiger partial charge in [-0.25, -0.2) is 9.18 Å². The van der Waals surface area contributed by atoms with Gasteiger partial charge in [-0.2, -0.15) is 0 Å². The minimum absolute atomic E-state index is 0.274. The van der Waals surface area contributed by atoms with E-state index in [1.54, 1.807) is 12.1 Å². The predicted molar refractivity (Wildman–Crippen MR) is 56.1 cm³/mol. The maximum Gasteiger partial charge on any atom is 0.336 e. The zero-order valence-corrected chi connectivity index (χ0v) is 8.89. The number of aliphatic hydroxyl groups is 1. The van der Waals surface area contributed by atoms with Gasteiger partial charge in [-0.1, -0.05) is 12.1 Å². The maximum absolute atomic E-state index is 12.6. The highest BCUT2D eigenvalue weighted by molar-refractivity contribution is 5.75. The number of methoxy groups -OCH3 is 1. The van der Waals surface area contributed by atoms with Gasteiger partial charge in [0.1, 0.15) is 5.82 Å². The summed E-state index contributed by atoms with van der Waals surface area (Å²) in [6.07, 6.45) is -1.09. The van der Waals surface area contributed by atoms with Crippen LogP contribution in [0.5, 0.6) is 0 Å². The van der Waals surface area contributed by atoms with Gasteiger partial charge in [-0.3, -0.25) is 0 Å². The quantitative estimate of drug-likeness (QED) is 0.722. The molecule has 0 amide bonds. The van der Waals surface area contributed by atoms with Crippen molar-refractivity contribution in [3.8, 4) is 0 Å². The predicted octanol–water partition coefficient (Wildman–Crippen LogP) is 0.229. The van der Waals surface area contributed by atoms with E-state index in [0.717, 1.165) is 5.56 Å². The smallest absolute Gasteiger partial charge is 0.336 e. The molecule has 1 aromatic carbocycles. The Kier molecular flexibility index (Phi) is 4.39. The first-order valence-electron chi connectivity index (χ1n) is 4.80. The summed E-state index contributed by atoms with van der Waals surface area (Å²) in [7, 11) is 1.18. The van der Waals surface area contributed by atoms with Crippen LogP contribution in [-0.4, -0.2) is 30.3 Å². The lowest BCUT2D eigenvalue weighted by molar-refractivity contribution is -0.151. The third-order valence-electron chi connectivity index (χ3n) is 2.23. The van der Waals surface area contributed by atoms with Crippen molar-refractivity contribution >= 4 is 5.97 Å². The molecule has 0 fully saturated rings. The van der Waals surface area contributed by atoms with Gasteiger partial charge in [0.25, 0.3) is 0 Å². The fourth-order valence-electron chi connectivity index (χ4n) is 1.30. The molecule has 1 rings (SSSR count). The standard InChI is InChI=1S/C11H14FNO3/c1-16-11(15)10(14)9(13)6-7-2-4-8(12)5-3-7/h2-5,9-10,14H,6,13H2,1H3. The average molecular weight is 227 g/mol. The summed E-state index contributed by atoms with van der Waals surface area (Å²) in [4.78, 5) is 11.0. The molecule has 0 aliphatic rings. The van der Waals surface area contributed by atoms with Crippen molar-refractivity contribution in [3.63, 3.8) is 0 Å². The Morgan fingerprint density at radius 1 is 1.50 bits per heavy atom. The highest BCUT2D eigenvalue weighted by Gasteiger charge is 2.23. The molecular weight excluding hydrogens is 213 g/mol. The number of hydrogen-bond donors (Lipinski definition) is 2. The lowest BCUT2D eigenvalue weighted by atomic mass is 10.0. The fourth-order valence-corrected chi connectivity index (χ4v) is 1.30. The summed E-state index contributed by atoms with van der Waals surface area (Å²) in [6.45, 7) is 0. The van der Waals surface area contributed by atoms with Crippen molar-refractivity contribution in [2.45, 2.75) is 18.6 Å². The molecule has 0 spiro atoms. The van der Waals surface area contributed by atoms with Crippen LogP contribution in [-0.2, 0) is 16.0 Å². The zero-order chi connectivity index (χ0) is 12.1. The Balaban J connectivity index is 2.60. The van der Waals surface area contributed by atoms with Crippen LogP contribution in [0.2, 0.25) is 0 Å². The first kappa shape index (κ1) is 12.6. The van der Waals surface area contributed by atoms with Crippen molar-refractivity contribution < 1.29 is 19.0 Å². The molecule has 0 aromatic heterocycles. The molecule has 2 atom stereocenters. The third kappa shape index (κ3) is 3.29. The van der Waals surface area contributed by atoms with Crippen molar-refractivity contribution in [1.82, 2.24) is 0 Å². The van der Waals surface area contributed by atoms with E-state index in [9.17, 15) is 14.3 Å². The zero-order valence-electron chi connectivity index (χ0n) is 8.89. The first-order chi connectivity index (χ1) is 7.54. The van der Waals surface area contributed by atoms with E-state index in [-0.39, 0.29) is 12.2 Å². The van der Waals surface area contributed by atoms with E-state index >= 15 is 0 Å². The lowest BCUT2D eigenvalue weighted by Crippen LogP contribution is -2.42. The van der Waals surface area contributed by atoms with Gasteiger partial charge in [0.15, 0.2) is 6.10 Å². The molecule has 88 valence electrons. The van der Waals surface area contributed by atoms with Crippen LogP contribution in [0.4, 0.5) is 4.39 Å². The minimum Gasteiger partial charge on any atom is -0.467 e. The Labute approximate surface area is 92.8 Å². The van der Waals surface area contributed by atoms with E-state index < -0.39 is 18.1 Å². The molecule has 4 nitrogen and oxygen atoms in total. The second kappa shape index (κ2) is 5.58. The van der Waals surface area contributed by atoms with Gasteiger partial charge in [-0.05, 0) is 24.1 Å². The van der Waals surface area contributed by atoms with Gasteiger partial charge >= 0.3 is 5.97 Å². The van der Waals surface area contributed by atoms with Crippen molar-refractivity contribution in [2.75, 3.05) is 7.11 Å². The highest BCUT2D eigenvalue weighted by atomic mass is 19.1. The maximum atomic E-state index is 12.6. The normalized spacial score (nSPS) is 14.2. The van der Waals surface area contributed by atoms with Crippen molar-refractivity contribution in [2.24, 2.45) is 5.73 Å². The molecule has 0 aliphatic heterocycles.